The van der Waals surface area contributed by atoms with Crippen molar-refractivity contribution in [3.05, 3.63) is 42.7 Å². The van der Waals surface area contributed by atoms with E-state index in [4.69, 9.17) is 13.9 Å². The van der Waals surface area contributed by atoms with E-state index in [1.165, 1.54) is 25.7 Å². The van der Waals surface area contributed by atoms with Gasteiger partial charge in [-0.15, -0.1) is 10.2 Å². The summed E-state index contributed by atoms with van der Waals surface area (Å²) in [6.45, 7) is 0. The maximum absolute atomic E-state index is 12.1. The van der Waals surface area contributed by atoms with Crippen LogP contribution in [0.3, 0.4) is 0 Å². The van der Waals surface area contributed by atoms with Gasteiger partial charge in [-0.25, -0.2) is 4.98 Å². The minimum Gasteiger partial charge on any atom is -0.493 e. The highest BCUT2D eigenvalue weighted by atomic mass is 16.5. The van der Waals surface area contributed by atoms with Crippen LogP contribution in [-0.2, 0) is 11.2 Å². The maximum atomic E-state index is 12.1. The van der Waals surface area contributed by atoms with Crippen LogP contribution in [0.4, 0.5) is 5.69 Å². The number of aromatic nitrogens is 4. The van der Waals surface area contributed by atoms with Gasteiger partial charge in [0.05, 0.1) is 20.4 Å². The summed E-state index contributed by atoms with van der Waals surface area (Å²) in [4.78, 5) is 20.1. The topological polar surface area (TPSA) is 112 Å². The highest BCUT2D eigenvalue weighted by Gasteiger charge is 2.14. The van der Waals surface area contributed by atoms with E-state index in [2.05, 4.69) is 25.5 Å². The molecule has 0 atom stereocenters. The molecular weight excluding hydrogens is 326 g/mol. The predicted molar refractivity (Wildman–Crippen MR) is 87.2 cm³/mol. The SMILES string of the molecule is COc1ccc(NC(=O)Cc2nnc(-c3cnccn3)o2)cc1OC. The second-order valence-corrected chi connectivity index (χ2v) is 4.89. The summed E-state index contributed by atoms with van der Waals surface area (Å²) in [5.41, 5.74) is 1.01. The first kappa shape index (κ1) is 16.4. The fourth-order valence-electron chi connectivity index (χ4n) is 2.09. The fourth-order valence-corrected chi connectivity index (χ4v) is 2.09. The smallest absolute Gasteiger partial charge is 0.267 e. The monoisotopic (exact) mass is 341 g/mol. The minimum absolute atomic E-state index is 0.0679. The molecule has 2 aromatic heterocycles. The molecule has 0 aliphatic heterocycles. The van der Waals surface area contributed by atoms with Gasteiger partial charge in [-0.1, -0.05) is 0 Å². The zero-order chi connectivity index (χ0) is 17.6. The summed E-state index contributed by atoms with van der Waals surface area (Å²) in [5.74, 6) is 1.18. The molecule has 3 aromatic rings. The second-order valence-electron chi connectivity index (χ2n) is 4.89. The van der Waals surface area contributed by atoms with Gasteiger partial charge in [-0.3, -0.25) is 9.78 Å². The molecule has 0 radical (unpaired) electrons. The molecule has 0 unspecified atom stereocenters. The lowest BCUT2D eigenvalue weighted by molar-refractivity contribution is -0.115. The zero-order valence-corrected chi connectivity index (χ0v) is 13.6. The molecule has 0 aliphatic carbocycles. The first-order valence-electron chi connectivity index (χ1n) is 7.30. The lowest BCUT2D eigenvalue weighted by Gasteiger charge is -2.10. The van der Waals surface area contributed by atoms with Crippen molar-refractivity contribution in [1.82, 2.24) is 20.2 Å². The molecular formula is C16H15N5O4. The van der Waals surface area contributed by atoms with Gasteiger partial charge in [0, 0.05) is 24.1 Å². The second kappa shape index (κ2) is 7.39. The maximum Gasteiger partial charge on any atom is 0.267 e. The lowest BCUT2D eigenvalue weighted by Crippen LogP contribution is -2.14. The van der Waals surface area contributed by atoms with Crippen LogP contribution in [0.2, 0.25) is 0 Å². The molecule has 9 heteroatoms. The summed E-state index contributed by atoms with van der Waals surface area (Å²) in [7, 11) is 3.07. The van der Waals surface area contributed by atoms with E-state index < -0.39 is 0 Å². The molecule has 0 fully saturated rings. The first-order valence-corrected chi connectivity index (χ1v) is 7.30. The number of nitrogens with one attached hydrogen (secondary N) is 1. The Morgan fingerprint density at radius 2 is 2.00 bits per heavy atom. The standard InChI is InChI=1S/C16H15N5O4/c1-23-12-4-3-10(7-13(12)24-2)19-14(22)8-15-20-21-16(25-15)11-9-17-5-6-18-11/h3-7,9H,8H2,1-2H3,(H,19,22). The van der Waals surface area contributed by atoms with Crippen molar-refractivity contribution in [2.24, 2.45) is 0 Å². The van der Waals surface area contributed by atoms with E-state index in [0.29, 0.717) is 22.9 Å². The van der Waals surface area contributed by atoms with Gasteiger partial charge in [0.2, 0.25) is 11.8 Å². The summed E-state index contributed by atoms with van der Waals surface area (Å²) in [5, 5.41) is 10.4. The molecule has 3 rings (SSSR count). The van der Waals surface area contributed by atoms with Crippen LogP contribution in [-0.4, -0.2) is 40.3 Å². The molecule has 0 spiro atoms. The van der Waals surface area contributed by atoms with E-state index >= 15 is 0 Å². The molecule has 2 heterocycles. The average Bonchev–Trinajstić information content (AvgIpc) is 3.10. The van der Waals surface area contributed by atoms with E-state index in [0.717, 1.165) is 0 Å². The quantitative estimate of drug-likeness (QED) is 0.721. The Bertz CT molecular complexity index is 866. The predicted octanol–water partition coefficient (Wildman–Crippen LogP) is 1.72. The highest BCUT2D eigenvalue weighted by molar-refractivity contribution is 5.92. The highest BCUT2D eigenvalue weighted by Crippen LogP contribution is 2.29. The van der Waals surface area contributed by atoms with Crippen molar-refractivity contribution < 1.29 is 18.7 Å². The Labute approximate surface area is 143 Å². The number of rotatable bonds is 6. The van der Waals surface area contributed by atoms with E-state index in [1.807, 2.05) is 0 Å². The zero-order valence-electron chi connectivity index (χ0n) is 13.6. The molecule has 25 heavy (non-hydrogen) atoms. The van der Waals surface area contributed by atoms with Crippen LogP contribution in [0, 0.1) is 0 Å². The van der Waals surface area contributed by atoms with Gasteiger partial charge in [-0.2, -0.15) is 0 Å². The van der Waals surface area contributed by atoms with Gasteiger partial charge >= 0.3 is 0 Å². The van der Waals surface area contributed by atoms with Crippen molar-refractivity contribution >= 4 is 11.6 Å². The van der Waals surface area contributed by atoms with Crippen molar-refractivity contribution in [3.63, 3.8) is 0 Å². The van der Waals surface area contributed by atoms with Crippen LogP contribution >= 0.6 is 0 Å². The molecule has 9 nitrogen and oxygen atoms in total. The summed E-state index contributed by atoms with van der Waals surface area (Å²) in [6.07, 6.45) is 4.49. The van der Waals surface area contributed by atoms with Gasteiger partial charge in [-0.05, 0) is 12.1 Å². The van der Waals surface area contributed by atoms with Gasteiger partial charge in [0.15, 0.2) is 11.5 Å². The third-order valence-electron chi connectivity index (χ3n) is 3.23. The van der Waals surface area contributed by atoms with E-state index in [-0.39, 0.29) is 24.1 Å². The Balaban J connectivity index is 1.66. The van der Waals surface area contributed by atoms with Crippen LogP contribution in [0.25, 0.3) is 11.6 Å². The number of carbonyl (C=O) groups excluding carboxylic acids is 1. The third-order valence-corrected chi connectivity index (χ3v) is 3.23. The van der Waals surface area contributed by atoms with Crippen molar-refractivity contribution in [2.75, 3.05) is 19.5 Å². The Hall–Kier alpha value is -3.49. The third kappa shape index (κ3) is 3.89. The number of benzene rings is 1. The largest absolute Gasteiger partial charge is 0.493 e. The Kier molecular flexibility index (Phi) is 4.84. The molecule has 0 bridgehead atoms. The van der Waals surface area contributed by atoms with Gasteiger partial charge < -0.3 is 19.2 Å². The number of amides is 1. The van der Waals surface area contributed by atoms with Crippen molar-refractivity contribution in [2.45, 2.75) is 6.42 Å². The van der Waals surface area contributed by atoms with E-state index in [9.17, 15) is 4.79 Å². The van der Waals surface area contributed by atoms with Crippen LogP contribution < -0.4 is 14.8 Å². The number of nitrogens with zero attached hydrogens (tertiary/aromatic N) is 4. The molecule has 0 saturated heterocycles. The summed E-state index contributed by atoms with van der Waals surface area (Å²) >= 11 is 0. The van der Waals surface area contributed by atoms with Crippen LogP contribution in [0.5, 0.6) is 11.5 Å². The molecule has 1 N–H and O–H groups in total. The molecule has 0 saturated carbocycles. The number of methoxy groups -OCH3 is 2. The molecule has 1 amide bonds. The van der Waals surface area contributed by atoms with Crippen LogP contribution in [0.1, 0.15) is 5.89 Å². The van der Waals surface area contributed by atoms with Crippen molar-refractivity contribution in [3.8, 4) is 23.1 Å². The number of carbonyl (C=O) groups is 1. The van der Waals surface area contributed by atoms with Crippen LogP contribution in [0.15, 0.2) is 41.2 Å². The normalized spacial score (nSPS) is 10.3. The fraction of sp³-hybridized carbons (Fsp3) is 0.188. The van der Waals surface area contributed by atoms with E-state index in [1.54, 1.807) is 25.3 Å². The summed E-state index contributed by atoms with van der Waals surface area (Å²) < 4.78 is 15.8. The lowest BCUT2D eigenvalue weighted by atomic mass is 10.2. The molecule has 128 valence electrons. The first-order chi connectivity index (χ1) is 12.2. The number of hydrogen-bond acceptors (Lipinski definition) is 8. The average molecular weight is 341 g/mol. The Morgan fingerprint density at radius 3 is 2.72 bits per heavy atom. The summed E-state index contributed by atoms with van der Waals surface area (Å²) in [6, 6.07) is 5.07. The minimum atomic E-state index is -0.304. The Morgan fingerprint density at radius 1 is 1.16 bits per heavy atom. The van der Waals surface area contributed by atoms with Gasteiger partial charge in [0.25, 0.3) is 5.89 Å². The number of ether oxygens (including phenoxy) is 2. The van der Waals surface area contributed by atoms with Gasteiger partial charge in [0.1, 0.15) is 12.1 Å². The van der Waals surface area contributed by atoms with Crippen molar-refractivity contribution in [1.29, 1.82) is 0 Å². The number of hydrogen-bond donors (Lipinski definition) is 1. The molecule has 1 aromatic carbocycles. The number of anilines is 1. The molecule has 0 aliphatic rings.